The van der Waals surface area contributed by atoms with Crippen molar-refractivity contribution in [2.24, 2.45) is 0 Å². The average Bonchev–Trinajstić information content (AvgIpc) is 2.64. The number of hydrogen-bond acceptors (Lipinski definition) is 4. The van der Waals surface area contributed by atoms with Gasteiger partial charge in [0.2, 0.25) is 0 Å². The predicted molar refractivity (Wildman–Crippen MR) is 95.0 cm³/mol. The fourth-order valence-corrected chi connectivity index (χ4v) is 2.31. The van der Waals surface area contributed by atoms with Crippen LogP contribution in [-0.2, 0) is 0 Å². The van der Waals surface area contributed by atoms with Gasteiger partial charge in [-0.25, -0.2) is 9.78 Å². The minimum Gasteiger partial charge on any atom is -0.422 e. The molecule has 0 aliphatic heterocycles. The second kappa shape index (κ2) is 7.59. The molecule has 0 saturated heterocycles. The van der Waals surface area contributed by atoms with Crippen LogP contribution in [-0.4, -0.2) is 16.9 Å². The fraction of sp³-hybridized carbons (Fsp3) is 0. The second-order valence-corrected chi connectivity index (χ2v) is 5.47. The number of anilines is 1. The van der Waals surface area contributed by atoms with Crippen molar-refractivity contribution in [3.63, 3.8) is 0 Å². The maximum atomic E-state index is 12.2. The normalized spacial score (nSPS) is 10.1. The number of nitrogens with zero attached hydrogens (tertiary/aromatic N) is 1. The number of ether oxygens (including phenoxy) is 1. The van der Waals surface area contributed by atoms with Gasteiger partial charge in [0.25, 0.3) is 5.91 Å². The summed E-state index contributed by atoms with van der Waals surface area (Å²) in [6.07, 6.45) is 1.52. The van der Waals surface area contributed by atoms with Gasteiger partial charge in [0.05, 0.1) is 10.6 Å². The Morgan fingerprint density at radius 3 is 2.32 bits per heavy atom. The van der Waals surface area contributed by atoms with Gasteiger partial charge in [-0.2, -0.15) is 0 Å². The SMILES string of the molecule is O=C(Oc1ccc(NC(=O)c2ccccc2Cl)cc1)c1ccccn1. The summed E-state index contributed by atoms with van der Waals surface area (Å²) in [7, 11) is 0. The van der Waals surface area contributed by atoms with Crippen LogP contribution in [0.4, 0.5) is 5.69 Å². The van der Waals surface area contributed by atoms with Crippen molar-refractivity contribution in [3.8, 4) is 5.75 Å². The van der Waals surface area contributed by atoms with E-state index in [4.69, 9.17) is 16.3 Å². The Kier molecular flexibility index (Phi) is 5.06. The Labute approximate surface area is 149 Å². The molecular formula is C19H13ClN2O3. The van der Waals surface area contributed by atoms with Gasteiger partial charge in [0.1, 0.15) is 11.4 Å². The molecule has 5 nitrogen and oxygen atoms in total. The van der Waals surface area contributed by atoms with E-state index in [2.05, 4.69) is 10.3 Å². The highest BCUT2D eigenvalue weighted by Crippen LogP contribution is 2.20. The highest BCUT2D eigenvalue weighted by Gasteiger charge is 2.11. The third-order valence-corrected chi connectivity index (χ3v) is 3.64. The molecule has 0 unspecified atom stereocenters. The summed E-state index contributed by atoms with van der Waals surface area (Å²) in [5.41, 5.74) is 1.16. The smallest absolute Gasteiger partial charge is 0.362 e. The van der Waals surface area contributed by atoms with Crippen molar-refractivity contribution in [1.29, 1.82) is 0 Å². The van der Waals surface area contributed by atoms with Crippen LogP contribution >= 0.6 is 11.6 Å². The maximum absolute atomic E-state index is 12.2. The van der Waals surface area contributed by atoms with Crippen molar-refractivity contribution in [2.75, 3.05) is 5.32 Å². The minimum absolute atomic E-state index is 0.221. The van der Waals surface area contributed by atoms with Gasteiger partial charge >= 0.3 is 5.97 Å². The Balaban J connectivity index is 1.65. The number of halogens is 1. The number of carbonyl (C=O) groups excluding carboxylic acids is 2. The summed E-state index contributed by atoms with van der Waals surface area (Å²) in [6.45, 7) is 0. The molecule has 0 fully saturated rings. The van der Waals surface area contributed by atoms with Crippen LogP contribution in [0.2, 0.25) is 5.02 Å². The number of pyridine rings is 1. The standard InChI is InChI=1S/C19H13ClN2O3/c20-16-6-2-1-5-15(16)18(23)22-13-8-10-14(11-9-13)25-19(24)17-7-3-4-12-21-17/h1-12H,(H,22,23). The number of benzene rings is 2. The van der Waals surface area contributed by atoms with E-state index in [0.717, 1.165) is 0 Å². The summed E-state index contributed by atoms with van der Waals surface area (Å²) in [5.74, 6) is -0.510. The zero-order chi connectivity index (χ0) is 17.6. The lowest BCUT2D eigenvalue weighted by molar-refractivity contribution is 0.0728. The molecule has 6 heteroatoms. The third-order valence-electron chi connectivity index (χ3n) is 3.32. The molecule has 0 saturated carbocycles. The molecule has 0 bridgehead atoms. The van der Waals surface area contributed by atoms with Crippen LogP contribution in [0.3, 0.4) is 0 Å². The van der Waals surface area contributed by atoms with E-state index in [1.54, 1.807) is 66.7 Å². The van der Waals surface area contributed by atoms with Gasteiger partial charge in [0, 0.05) is 11.9 Å². The number of nitrogens with one attached hydrogen (secondary N) is 1. The molecular weight excluding hydrogens is 340 g/mol. The van der Waals surface area contributed by atoms with Crippen molar-refractivity contribution in [3.05, 3.63) is 89.2 Å². The molecule has 1 heterocycles. The number of esters is 1. The lowest BCUT2D eigenvalue weighted by Crippen LogP contribution is -2.12. The molecule has 0 aliphatic carbocycles. The van der Waals surface area contributed by atoms with Crippen LogP contribution in [0.1, 0.15) is 20.8 Å². The summed E-state index contributed by atoms with van der Waals surface area (Å²) in [5, 5.41) is 3.11. The van der Waals surface area contributed by atoms with E-state index < -0.39 is 5.97 Å². The quantitative estimate of drug-likeness (QED) is 0.564. The molecule has 0 atom stereocenters. The van der Waals surface area contributed by atoms with E-state index in [9.17, 15) is 9.59 Å². The molecule has 0 spiro atoms. The van der Waals surface area contributed by atoms with E-state index >= 15 is 0 Å². The first kappa shape index (κ1) is 16.7. The first-order chi connectivity index (χ1) is 12.1. The molecule has 0 aliphatic rings. The predicted octanol–water partition coefficient (Wildman–Crippen LogP) is 4.21. The van der Waals surface area contributed by atoms with Gasteiger partial charge in [0.15, 0.2) is 0 Å². The monoisotopic (exact) mass is 352 g/mol. The lowest BCUT2D eigenvalue weighted by Gasteiger charge is -2.08. The maximum Gasteiger partial charge on any atom is 0.362 e. The number of carbonyl (C=O) groups is 2. The summed E-state index contributed by atoms with van der Waals surface area (Å²) < 4.78 is 5.23. The van der Waals surface area contributed by atoms with Gasteiger partial charge < -0.3 is 10.1 Å². The highest BCUT2D eigenvalue weighted by molar-refractivity contribution is 6.34. The average molecular weight is 353 g/mol. The van der Waals surface area contributed by atoms with Crippen LogP contribution in [0.25, 0.3) is 0 Å². The fourth-order valence-electron chi connectivity index (χ4n) is 2.09. The first-order valence-electron chi connectivity index (χ1n) is 7.42. The summed E-state index contributed by atoms with van der Waals surface area (Å²) in [4.78, 5) is 28.1. The third kappa shape index (κ3) is 4.22. The molecule has 124 valence electrons. The van der Waals surface area contributed by atoms with Crippen LogP contribution in [0.15, 0.2) is 72.9 Å². The first-order valence-corrected chi connectivity index (χ1v) is 7.80. The van der Waals surface area contributed by atoms with E-state index in [0.29, 0.717) is 22.0 Å². The zero-order valence-electron chi connectivity index (χ0n) is 13.0. The van der Waals surface area contributed by atoms with Crippen molar-refractivity contribution in [2.45, 2.75) is 0 Å². The highest BCUT2D eigenvalue weighted by atomic mass is 35.5. The van der Waals surface area contributed by atoms with E-state index in [1.807, 2.05) is 0 Å². The Hall–Kier alpha value is -3.18. The van der Waals surface area contributed by atoms with Gasteiger partial charge in [-0.15, -0.1) is 0 Å². The molecule has 1 N–H and O–H groups in total. The van der Waals surface area contributed by atoms with Gasteiger partial charge in [-0.1, -0.05) is 29.8 Å². The second-order valence-electron chi connectivity index (χ2n) is 5.06. The molecule has 1 aromatic heterocycles. The Morgan fingerprint density at radius 1 is 0.920 bits per heavy atom. The topological polar surface area (TPSA) is 68.3 Å². The summed E-state index contributed by atoms with van der Waals surface area (Å²) >= 11 is 6.00. The molecule has 0 radical (unpaired) electrons. The van der Waals surface area contributed by atoms with Crippen LogP contribution in [0, 0.1) is 0 Å². The number of rotatable bonds is 4. The summed E-state index contributed by atoms with van der Waals surface area (Å²) in [6, 6.07) is 18.2. The molecule has 3 aromatic rings. The molecule has 25 heavy (non-hydrogen) atoms. The van der Waals surface area contributed by atoms with E-state index in [-0.39, 0.29) is 11.6 Å². The zero-order valence-corrected chi connectivity index (χ0v) is 13.7. The van der Waals surface area contributed by atoms with Crippen molar-refractivity contribution in [1.82, 2.24) is 4.98 Å². The number of amides is 1. The van der Waals surface area contributed by atoms with Gasteiger partial charge in [-0.3, -0.25) is 4.79 Å². The lowest BCUT2D eigenvalue weighted by atomic mass is 10.2. The van der Waals surface area contributed by atoms with Crippen LogP contribution < -0.4 is 10.1 Å². The Morgan fingerprint density at radius 2 is 1.64 bits per heavy atom. The van der Waals surface area contributed by atoms with Crippen molar-refractivity contribution < 1.29 is 14.3 Å². The number of aromatic nitrogens is 1. The van der Waals surface area contributed by atoms with Crippen molar-refractivity contribution >= 4 is 29.2 Å². The van der Waals surface area contributed by atoms with E-state index in [1.165, 1.54) is 6.20 Å². The number of hydrogen-bond donors (Lipinski definition) is 1. The van der Waals surface area contributed by atoms with Gasteiger partial charge in [-0.05, 0) is 48.5 Å². The molecule has 3 rings (SSSR count). The van der Waals surface area contributed by atoms with Crippen LogP contribution in [0.5, 0.6) is 5.75 Å². The minimum atomic E-state index is -0.548. The Bertz CT molecular complexity index is 896. The molecule has 2 aromatic carbocycles. The largest absolute Gasteiger partial charge is 0.422 e. The molecule has 1 amide bonds.